The lowest BCUT2D eigenvalue weighted by molar-refractivity contribution is -0.141. The molecule has 1 rings (SSSR count). The van der Waals surface area contributed by atoms with Crippen molar-refractivity contribution < 1.29 is 19.4 Å². The first-order valence-electron chi connectivity index (χ1n) is 6.15. The van der Waals surface area contributed by atoms with Gasteiger partial charge in [0.15, 0.2) is 6.61 Å². The zero-order valence-electron chi connectivity index (χ0n) is 11.3. The van der Waals surface area contributed by atoms with Gasteiger partial charge < -0.3 is 15.2 Å². The molecule has 1 amide bonds. The minimum absolute atomic E-state index is 0.195. The molecule has 5 nitrogen and oxygen atoms in total. The minimum Gasteiger partial charge on any atom is -0.484 e. The number of carboxylic acid groups (broad SMARTS) is 1. The molecule has 0 saturated carbocycles. The van der Waals surface area contributed by atoms with Gasteiger partial charge in [-0.3, -0.25) is 9.59 Å². The number of rotatable bonds is 6. The zero-order valence-corrected chi connectivity index (χ0v) is 11.3. The number of carbonyl (C=O) groups is 2. The van der Waals surface area contributed by atoms with Crippen molar-refractivity contribution in [3.05, 3.63) is 29.8 Å². The number of hydrogen-bond donors (Lipinski definition) is 2. The quantitative estimate of drug-likeness (QED) is 0.822. The predicted octanol–water partition coefficient (Wildman–Crippen LogP) is 1.78. The van der Waals surface area contributed by atoms with E-state index in [4.69, 9.17) is 9.84 Å². The Morgan fingerprint density at radius 3 is 2.58 bits per heavy atom. The molecule has 19 heavy (non-hydrogen) atoms. The first kappa shape index (κ1) is 15.0. The molecule has 104 valence electrons. The summed E-state index contributed by atoms with van der Waals surface area (Å²) in [6.45, 7) is 5.35. The van der Waals surface area contributed by atoms with Gasteiger partial charge in [0.25, 0.3) is 5.91 Å². The molecule has 0 saturated heterocycles. The van der Waals surface area contributed by atoms with E-state index < -0.39 is 17.9 Å². The van der Waals surface area contributed by atoms with Gasteiger partial charge in [-0.15, -0.1) is 0 Å². The van der Waals surface area contributed by atoms with E-state index in [9.17, 15) is 9.59 Å². The molecule has 1 atom stereocenters. The third-order valence-corrected chi connectivity index (χ3v) is 2.64. The lowest BCUT2D eigenvalue weighted by atomic mass is 10.0. The lowest BCUT2D eigenvalue weighted by Gasteiger charge is -2.11. The average Bonchev–Trinajstić information content (AvgIpc) is 2.36. The molecule has 1 aromatic rings. The fourth-order valence-corrected chi connectivity index (χ4v) is 1.46. The molecule has 0 aliphatic carbocycles. The third-order valence-electron chi connectivity index (χ3n) is 2.64. The Bertz CT molecular complexity index is 457. The van der Waals surface area contributed by atoms with Crippen LogP contribution in [-0.2, 0) is 9.59 Å². The third kappa shape index (κ3) is 4.99. The van der Waals surface area contributed by atoms with Crippen LogP contribution >= 0.6 is 0 Å². The molecule has 5 heteroatoms. The van der Waals surface area contributed by atoms with Gasteiger partial charge in [0.1, 0.15) is 11.8 Å². The standard InChI is InChI=1S/C14H19NO4/c1-9(2)11-5-4-6-12(7-11)19-8-13(16)15-10(3)14(17)18/h4-7,9-10H,8H2,1-3H3,(H,15,16)(H,17,18). The topological polar surface area (TPSA) is 75.6 Å². The molecule has 0 heterocycles. The van der Waals surface area contributed by atoms with Gasteiger partial charge >= 0.3 is 5.97 Å². The Labute approximate surface area is 112 Å². The summed E-state index contributed by atoms with van der Waals surface area (Å²) in [7, 11) is 0. The van der Waals surface area contributed by atoms with Crippen molar-refractivity contribution in [2.75, 3.05) is 6.61 Å². The number of amides is 1. The summed E-state index contributed by atoms with van der Waals surface area (Å²) in [5.41, 5.74) is 1.12. The van der Waals surface area contributed by atoms with Gasteiger partial charge in [-0.1, -0.05) is 26.0 Å². The highest BCUT2D eigenvalue weighted by Crippen LogP contribution is 2.19. The largest absolute Gasteiger partial charge is 0.484 e. The Morgan fingerprint density at radius 1 is 1.32 bits per heavy atom. The van der Waals surface area contributed by atoms with Crippen LogP contribution in [0.1, 0.15) is 32.3 Å². The molecule has 1 aromatic carbocycles. The maximum absolute atomic E-state index is 11.5. The van der Waals surface area contributed by atoms with E-state index in [0.717, 1.165) is 5.56 Å². The van der Waals surface area contributed by atoms with Crippen LogP contribution in [0.3, 0.4) is 0 Å². The number of aliphatic carboxylic acids is 1. The first-order chi connectivity index (χ1) is 8.90. The van der Waals surface area contributed by atoms with Gasteiger partial charge in [0.05, 0.1) is 0 Å². The Balaban J connectivity index is 2.50. The first-order valence-corrected chi connectivity index (χ1v) is 6.15. The number of carboxylic acids is 1. The van der Waals surface area contributed by atoms with E-state index in [-0.39, 0.29) is 6.61 Å². The highest BCUT2D eigenvalue weighted by atomic mass is 16.5. The van der Waals surface area contributed by atoms with Crippen molar-refractivity contribution in [1.29, 1.82) is 0 Å². The number of benzene rings is 1. The van der Waals surface area contributed by atoms with E-state index >= 15 is 0 Å². The molecular formula is C14H19NO4. The van der Waals surface area contributed by atoms with E-state index in [2.05, 4.69) is 19.2 Å². The maximum atomic E-state index is 11.5. The number of ether oxygens (including phenoxy) is 1. The molecule has 0 radical (unpaired) electrons. The van der Waals surface area contributed by atoms with Crippen molar-refractivity contribution in [2.45, 2.75) is 32.7 Å². The molecular weight excluding hydrogens is 246 g/mol. The van der Waals surface area contributed by atoms with Crippen LogP contribution in [0.4, 0.5) is 0 Å². The summed E-state index contributed by atoms with van der Waals surface area (Å²) in [6.07, 6.45) is 0. The van der Waals surface area contributed by atoms with Crippen LogP contribution in [0, 0.1) is 0 Å². The van der Waals surface area contributed by atoms with E-state index in [1.807, 2.05) is 18.2 Å². The normalized spacial score (nSPS) is 12.0. The summed E-state index contributed by atoms with van der Waals surface area (Å²) >= 11 is 0. The van der Waals surface area contributed by atoms with Crippen LogP contribution in [0.15, 0.2) is 24.3 Å². The van der Waals surface area contributed by atoms with Gasteiger partial charge in [0, 0.05) is 0 Å². The second-order valence-corrected chi connectivity index (χ2v) is 4.64. The zero-order chi connectivity index (χ0) is 14.4. The van der Waals surface area contributed by atoms with Crippen LogP contribution in [0.2, 0.25) is 0 Å². The fraction of sp³-hybridized carbons (Fsp3) is 0.429. The van der Waals surface area contributed by atoms with Gasteiger partial charge in [-0.25, -0.2) is 0 Å². The predicted molar refractivity (Wildman–Crippen MR) is 71.3 cm³/mol. The molecule has 1 unspecified atom stereocenters. The lowest BCUT2D eigenvalue weighted by Crippen LogP contribution is -2.40. The highest BCUT2D eigenvalue weighted by molar-refractivity contribution is 5.84. The Kier molecular flexibility index (Phi) is 5.36. The fourth-order valence-electron chi connectivity index (χ4n) is 1.46. The second kappa shape index (κ2) is 6.78. The van der Waals surface area contributed by atoms with Crippen LogP contribution in [-0.4, -0.2) is 29.6 Å². The Hall–Kier alpha value is -2.04. The average molecular weight is 265 g/mol. The molecule has 0 fully saturated rings. The van der Waals surface area contributed by atoms with Gasteiger partial charge in [-0.2, -0.15) is 0 Å². The SMILES string of the molecule is CC(NC(=O)COc1cccc(C(C)C)c1)C(=O)O. The smallest absolute Gasteiger partial charge is 0.325 e. The van der Waals surface area contributed by atoms with Crippen molar-refractivity contribution in [3.63, 3.8) is 0 Å². The van der Waals surface area contributed by atoms with E-state index in [1.165, 1.54) is 6.92 Å². The maximum Gasteiger partial charge on any atom is 0.325 e. The van der Waals surface area contributed by atoms with Crippen molar-refractivity contribution in [2.24, 2.45) is 0 Å². The van der Waals surface area contributed by atoms with E-state index in [1.54, 1.807) is 6.07 Å². The van der Waals surface area contributed by atoms with Gasteiger partial charge in [0.2, 0.25) is 0 Å². The van der Waals surface area contributed by atoms with E-state index in [0.29, 0.717) is 11.7 Å². The molecule has 0 aromatic heterocycles. The number of carbonyl (C=O) groups excluding carboxylic acids is 1. The van der Waals surface area contributed by atoms with Crippen LogP contribution in [0.5, 0.6) is 5.75 Å². The summed E-state index contributed by atoms with van der Waals surface area (Å²) in [5, 5.41) is 11.0. The summed E-state index contributed by atoms with van der Waals surface area (Å²) < 4.78 is 5.33. The minimum atomic E-state index is -1.07. The van der Waals surface area contributed by atoms with Crippen molar-refractivity contribution in [3.8, 4) is 5.75 Å². The van der Waals surface area contributed by atoms with Crippen LogP contribution in [0.25, 0.3) is 0 Å². The second-order valence-electron chi connectivity index (χ2n) is 4.64. The Morgan fingerprint density at radius 2 is 2.00 bits per heavy atom. The number of nitrogens with one attached hydrogen (secondary N) is 1. The molecule has 0 spiro atoms. The number of hydrogen-bond acceptors (Lipinski definition) is 3. The summed E-state index contributed by atoms with van der Waals surface area (Å²) in [6, 6.07) is 6.57. The molecule has 0 aliphatic rings. The summed E-state index contributed by atoms with van der Waals surface area (Å²) in [4.78, 5) is 22.0. The molecule has 0 aliphatic heterocycles. The van der Waals surface area contributed by atoms with Crippen LogP contribution < -0.4 is 10.1 Å². The van der Waals surface area contributed by atoms with Crippen molar-refractivity contribution in [1.82, 2.24) is 5.32 Å². The summed E-state index contributed by atoms with van der Waals surface area (Å²) in [5.74, 6) is -0.547. The van der Waals surface area contributed by atoms with Crippen molar-refractivity contribution >= 4 is 11.9 Å². The molecule has 0 bridgehead atoms. The highest BCUT2D eigenvalue weighted by Gasteiger charge is 2.14. The molecule has 2 N–H and O–H groups in total. The monoisotopic (exact) mass is 265 g/mol. The van der Waals surface area contributed by atoms with Gasteiger partial charge in [-0.05, 0) is 30.5 Å².